The van der Waals surface area contributed by atoms with Crippen molar-refractivity contribution in [1.82, 2.24) is 10.6 Å². The smallest absolute Gasteiger partial charge is 0.307 e. The van der Waals surface area contributed by atoms with Gasteiger partial charge in [-0.1, -0.05) is 0 Å². The molecule has 1 fully saturated rings. The van der Waals surface area contributed by atoms with Gasteiger partial charge in [0.2, 0.25) is 5.91 Å². The molecule has 0 radical (unpaired) electrons. The molecule has 17 heavy (non-hydrogen) atoms. The molecule has 0 aromatic carbocycles. The summed E-state index contributed by atoms with van der Waals surface area (Å²) in [5.41, 5.74) is 0. The van der Waals surface area contributed by atoms with E-state index in [2.05, 4.69) is 10.6 Å². The van der Waals surface area contributed by atoms with Crippen LogP contribution in [0.5, 0.6) is 0 Å². The highest BCUT2D eigenvalue weighted by atomic mass is 16.5. The molecule has 0 saturated carbocycles. The Morgan fingerprint density at radius 3 is 2.94 bits per heavy atom. The summed E-state index contributed by atoms with van der Waals surface area (Å²) >= 11 is 0. The molecule has 0 aromatic heterocycles. The number of esters is 1. The van der Waals surface area contributed by atoms with Crippen molar-refractivity contribution in [3.05, 3.63) is 0 Å². The fraction of sp³-hybridized carbons (Fsp3) is 0.818. The summed E-state index contributed by atoms with van der Waals surface area (Å²) in [5.74, 6) is -0.435. The van der Waals surface area contributed by atoms with E-state index in [1.807, 2.05) is 6.92 Å². The lowest BCUT2D eigenvalue weighted by atomic mass is 10.1. The first-order chi connectivity index (χ1) is 8.15. The van der Waals surface area contributed by atoms with Crippen molar-refractivity contribution >= 4 is 11.9 Å². The standard InChI is InChI=1S/C11H20N2O4/c1-3-16-9(14)4-5-13-11(15)10-8(2)17-7-6-12-10/h8,10,12H,3-7H2,1-2H3,(H,13,15)/t8-,10+/m1/s1. The topological polar surface area (TPSA) is 76.7 Å². The van der Waals surface area contributed by atoms with Crippen LogP contribution in [-0.4, -0.2) is 50.3 Å². The minimum Gasteiger partial charge on any atom is -0.466 e. The third-order valence-corrected chi connectivity index (χ3v) is 2.53. The van der Waals surface area contributed by atoms with Gasteiger partial charge in [-0.2, -0.15) is 0 Å². The first kappa shape index (κ1) is 13.9. The maximum absolute atomic E-state index is 11.7. The number of amides is 1. The molecule has 0 aromatic rings. The molecule has 0 spiro atoms. The molecule has 1 amide bonds. The van der Waals surface area contributed by atoms with Crippen LogP contribution in [0.1, 0.15) is 20.3 Å². The summed E-state index contributed by atoms with van der Waals surface area (Å²) in [6.07, 6.45) is 0.0491. The van der Waals surface area contributed by atoms with E-state index in [0.29, 0.717) is 26.3 Å². The monoisotopic (exact) mass is 244 g/mol. The lowest BCUT2D eigenvalue weighted by Crippen LogP contribution is -2.55. The van der Waals surface area contributed by atoms with E-state index in [1.165, 1.54) is 0 Å². The number of hydrogen-bond acceptors (Lipinski definition) is 5. The Balaban J connectivity index is 2.22. The van der Waals surface area contributed by atoms with Gasteiger partial charge in [0, 0.05) is 13.1 Å². The number of hydrogen-bond donors (Lipinski definition) is 2. The molecular weight excluding hydrogens is 224 g/mol. The maximum Gasteiger partial charge on any atom is 0.307 e. The number of carbonyl (C=O) groups excluding carboxylic acids is 2. The predicted molar refractivity (Wildman–Crippen MR) is 61.5 cm³/mol. The van der Waals surface area contributed by atoms with E-state index in [0.717, 1.165) is 0 Å². The molecule has 0 aliphatic carbocycles. The Hall–Kier alpha value is -1.14. The summed E-state index contributed by atoms with van der Waals surface area (Å²) in [5, 5.41) is 5.77. The van der Waals surface area contributed by atoms with Crippen LogP contribution >= 0.6 is 0 Å². The van der Waals surface area contributed by atoms with Crippen LogP contribution in [0.25, 0.3) is 0 Å². The van der Waals surface area contributed by atoms with Crippen molar-refractivity contribution in [3.8, 4) is 0 Å². The highest BCUT2D eigenvalue weighted by Gasteiger charge is 2.27. The molecule has 2 atom stereocenters. The molecule has 6 nitrogen and oxygen atoms in total. The van der Waals surface area contributed by atoms with Crippen molar-refractivity contribution in [1.29, 1.82) is 0 Å². The van der Waals surface area contributed by atoms with Crippen LogP contribution in [0, 0.1) is 0 Å². The van der Waals surface area contributed by atoms with Gasteiger partial charge in [-0.25, -0.2) is 0 Å². The largest absolute Gasteiger partial charge is 0.466 e. The van der Waals surface area contributed by atoms with Crippen molar-refractivity contribution in [3.63, 3.8) is 0 Å². The second-order valence-electron chi connectivity index (χ2n) is 3.85. The second-order valence-corrected chi connectivity index (χ2v) is 3.85. The Kier molecular flexibility index (Phi) is 5.93. The van der Waals surface area contributed by atoms with E-state index >= 15 is 0 Å². The summed E-state index contributed by atoms with van der Waals surface area (Å²) < 4.78 is 10.1. The minimum absolute atomic E-state index is 0.138. The Morgan fingerprint density at radius 1 is 1.53 bits per heavy atom. The molecule has 1 aliphatic heterocycles. The molecular formula is C11H20N2O4. The van der Waals surface area contributed by atoms with Gasteiger partial charge in [0.15, 0.2) is 0 Å². The minimum atomic E-state index is -0.342. The quantitative estimate of drug-likeness (QED) is 0.634. The van der Waals surface area contributed by atoms with Gasteiger partial charge in [-0.15, -0.1) is 0 Å². The average Bonchev–Trinajstić information content (AvgIpc) is 2.29. The van der Waals surface area contributed by atoms with Crippen molar-refractivity contribution in [2.45, 2.75) is 32.4 Å². The fourth-order valence-corrected chi connectivity index (χ4v) is 1.66. The number of nitrogens with one attached hydrogen (secondary N) is 2. The van der Waals surface area contributed by atoms with Gasteiger partial charge in [-0.3, -0.25) is 9.59 Å². The van der Waals surface area contributed by atoms with Gasteiger partial charge in [0.1, 0.15) is 6.04 Å². The van der Waals surface area contributed by atoms with Crippen LogP contribution in [0.4, 0.5) is 0 Å². The summed E-state index contributed by atoms with van der Waals surface area (Å²) in [4.78, 5) is 22.8. The van der Waals surface area contributed by atoms with Gasteiger partial charge in [-0.05, 0) is 13.8 Å². The van der Waals surface area contributed by atoms with Gasteiger partial charge >= 0.3 is 5.97 Å². The Morgan fingerprint density at radius 2 is 2.29 bits per heavy atom. The molecule has 98 valence electrons. The van der Waals surface area contributed by atoms with Crippen LogP contribution in [-0.2, 0) is 19.1 Å². The molecule has 1 rings (SSSR count). The van der Waals surface area contributed by atoms with Crippen molar-refractivity contribution in [2.75, 3.05) is 26.3 Å². The van der Waals surface area contributed by atoms with E-state index < -0.39 is 0 Å². The summed E-state index contributed by atoms with van der Waals surface area (Å²) in [6, 6.07) is -0.342. The van der Waals surface area contributed by atoms with Gasteiger partial charge in [0.05, 0.1) is 25.7 Å². The van der Waals surface area contributed by atoms with Crippen LogP contribution < -0.4 is 10.6 Å². The zero-order valence-corrected chi connectivity index (χ0v) is 10.3. The summed E-state index contributed by atoms with van der Waals surface area (Å²) in [6.45, 7) is 5.54. The molecule has 1 saturated heterocycles. The summed E-state index contributed by atoms with van der Waals surface area (Å²) in [7, 11) is 0. The average molecular weight is 244 g/mol. The highest BCUT2D eigenvalue weighted by Crippen LogP contribution is 2.03. The molecule has 1 heterocycles. The van der Waals surface area contributed by atoms with Crippen LogP contribution in [0.2, 0.25) is 0 Å². The first-order valence-corrected chi connectivity index (χ1v) is 5.93. The van der Waals surface area contributed by atoms with Gasteiger partial charge < -0.3 is 20.1 Å². The zero-order chi connectivity index (χ0) is 12.7. The first-order valence-electron chi connectivity index (χ1n) is 5.93. The Labute approximate surface area is 101 Å². The van der Waals surface area contributed by atoms with E-state index in [-0.39, 0.29) is 30.4 Å². The van der Waals surface area contributed by atoms with E-state index in [4.69, 9.17) is 9.47 Å². The maximum atomic E-state index is 11.7. The normalized spacial score (nSPS) is 24.1. The predicted octanol–water partition coefficient (Wildman–Crippen LogP) is -0.567. The number of carbonyl (C=O) groups is 2. The number of rotatable bonds is 5. The van der Waals surface area contributed by atoms with Crippen LogP contribution in [0.15, 0.2) is 0 Å². The van der Waals surface area contributed by atoms with Crippen LogP contribution in [0.3, 0.4) is 0 Å². The van der Waals surface area contributed by atoms with E-state index in [9.17, 15) is 9.59 Å². The molecule has 1 aliphatic rings. The Bertz CT molecular complexity index is 270. The van der Waals surface area contributed by atoms with E-state index in [1.54, 1.807) is 6.92 Å². The third-order valence-electron chi connectivity index (χ3n) is 2.53. The fourth-order valence-electron chi connectivity index (χ4n) is 1.66. The number of ether oxygens (including phenoxy) is 2. The van der Waals surface area contributed by atoms with Crippen molar-refractivity contribution in [2.24, 2.45) is 0 Å². The molecule has 0 unspecified atom stereocenters. The third kappa shape index (κ3) is 4.70. The zero-order valence-electron chi connectivity index (χ0n) is 10.3. The van der Waals surface area contributed by atoms with Crippen molar-refractivity contribution < 1.29 is 19.1 Å². The molecule has 0 bridgehead atoms. The lowest BCUT2D eigenvalue weighted by Gasteiger charge is -2.29. The lowest BCUT2D eigenvalue weighted by molar-refractivity contribution is -0.143. The molecule has 6 heteroatoms. The SMILES string of the molecule is CCOC(=O)CCNC(=O)[C@H]1NCCO[C@@H]1C. The second kappa shape index (κ2) is 7.24. The number of morpholine rings is 1. The highest BCUT2D eigenvalue weighted by molar-refractivity contribution is 5.83. The van der Waals surface area contributed by atoms with Gasteiger partial charge in [0.25, 0.3) is 0 Å². The molecule has 2 N–H and O–H groups in total.